The maximum atomic E-state index is 12.1. The van der Waals surface area contributed by atoms with E-state index in [1.165, 1.54) is 6.92 Å². The minimum Gasteiger partial charge on any atom is -0.449 e. The molecule has 6 heteroatoms. The second kappa shape index (κ2) is 7.97. The second-order valence-corrected chi connectivity index (χ2v) is 5.67. The van der Waals surface area contributed by atoms with E-state index < -0.39 is 18.0 Å². The van der Waals surface area contributed by atoms with Crippen molar-refractivity contribution in [1.29, 1.82) is 5.26 Å². The Kier molecular flexibility index (Phi) is 5.75. The first-order valence-electron chi connectivity index (χ1n) is 7.70. The van der Waals surface area contributed by atoms with Crippen molar-refractivity contribution in [3.8, 4) is 6.07 Å². The van der Waals surface area contributed by atoms with Gasteiger partial charge in [0.25, 0.3) is 5.91 Å². The predicted molar refractivity (Wildman–Crippen MR) is 95.4 cm³/mol. The van der Waals surface area contributed by atoms with Gasteiger partial charge < -0.3 is 15.0 Å². The third-order valence-electron chi connectivity index (χ3n) is 3.55. The molecule has 2 rings (SSSR count). The number of amides is 1. The van der Waals surface area contributed by atoms with Crippen molar-refractivity contribution in [1.82, 2.24) is 0 Å². The van der Waals surface area contributed by atoms with Gasteiger partial charge in [-0.15, -0.1) is 0 Å². The molecule has 0 spiro atoms. The van der Waals surface area contributed by atoms with Gasteiger partial charge in [-0.25, -0.2) is 4.79 Å². The number of esters is 1. The first-order chi connectivity index (χ1) is 11.9. The molecule has 1 amide bonds. The lowest BCUT2D eigenvalue weighted by Gasteiger charge is -2.15. The lowest BCUT2D eigenvalue weighted by molar-refractivity contribution is -0.123. The quantitative estimate of drug-likeness (QED) is 0.848. The first kappa shape index (κ1) is 18.0. The summed E-state index contributed by atoms with van der Waals surface area (Å²) in [6.07, 6.45) is -0.948. The Labute approximate surface area is 146 Å². The number of carbonyl (C=O) groups excluding carboxylic acids is 2. The van der Waals surface area contributed by atoms with Crippen LogP contribution in [0.15, 0.2) is 48.5 Å². The molecule has 0 bridgehead atoms. The molecule has 0 fully saturated rings. The van der Waals surface area contributed by atoms with Crippen LogP contribution >= 0.6 is 0 Å². The molecule has 2 aromatic carbocycles. The average Bonchev–Trinajstić information content (AvgIpc) is 2.62. The highest BCUT2D eigenvalue weighted by Gasteiger charge is 2.19. The van der Waals surface area contributed by atoms with Gasteiger partial charge in [0, 0.05) is 25.5 Å². The van der Waals surface area contributed by atoms with Crippen molar-refractivity contribution in [2.24, 2.45) is 0 Å². The molecule has 0 heterocycles. The van der Waals surface area contributed by atoms with Crippen molar-refractivity contribution in [3.63, 3.8) is 0 Å². The Bertz CT molecular complexity index is 790. The molecule has 0 saturated carbocycles. The van der Waals surface area contributed by atoms with Gasteiger partial charge in [0.15, 0.2) is 6.10 Å². The molecule has 0 aromatic heterocycles. The zero-order valence-corrected chi connectivity index (χ0v) is 14.3. The lowest BCUT2D eigenvalue weighted by atomic mass is 10.2. The molecule has 1 N–H and O–H groups in total. The zero-order valence-electron chi connectivity index (χ0n) is 14.3. The summed E-state index contributed by atoms with van der Waals surface area (Å²) in [6.45, 7) is 1.51. The van der Waals surface area contributed by atoms with E-state index in [4.69, 9.17) is 10.00 Å². The Morgan fingerprint density at radius 1 is 1.08 bits per heavy atom. The summed E-state index contributed by atoms with van der Waals surface area (Å²) >= 11 is 0. The first-order valence-corrected chi connectivity index (χ1v) is 7.70. The molecule has 0 saturated heterocycles. The molecule has 128 valence electrons. The SMILES string of the molecule is C[C@@H](OC(=O)c1ccc(N(C)C)cc1)C(=O)Nc1ccc(C#N)cc1. The number of nitrogens with zero attached hydrogens (tertiary/aromatic N) is 2. The minimum absolute atomic E-state index is 0.378. The van der Waals surface area contributed by atoms with Gasteiger partial charge in [-0.3, -0.25) is 4.79 Å². The van der Waals surface area contributed by atoms with E-state index in [1.807, 2.05) is 25.1 Å². The van der Waals surface area contributed by atoms with Gasteiger partial charge in [-0.2, -0.15) is 5.26 Å². The molecule has 0 aliphatic rings. The third-order valence-corrected chi connectivity index (χ3v) is 3.55. The normalized spacial score (nSPS) is 11.1. The van der Waals surface area contributed by atoms with E-state index >= 15 is 0 Å². The van der Waals surface area contributed by atoms with Gasteiger partial charge in [0.2, 0.25) is 0 Å². The summed E-state index contributed by atoms with van der Waals surface area (Å²) in [7, 11) is 3.81. The summed E-state index contributed by atoms with van der Waals surface area (Å²) in [5.74, 6) is -1.00. The highest BCUT2D eigenvalue weighted by Crippen LogP contribution is 2.14. The molecule has 2 aromatic rings. The van der Waals surface area contributed by atoms with Crippen LogP contribution in [0.4, 0.5) is 11.4 Å². The van der Waals surface area contributed by atoms with Crippen LogP contribution < -0.4 is 10.2 Å². The molecular formula is C19H19N3O3. The largest absolute Gasteiger partial charge is 0.449 e. The smallest absolute Gasteiger partial charge is 0.338 e. The van der Waals surface area contributed by atoms with E-state index in [9.17, 15) is 9.59 Å². The second-order valence-electron chi connectivity index (χ2n) is 5.67. The lowest BCUT2D eigenvalue weighted by Crippen LogP contribution is -2.30. The molecule has 0 aliphatic heterocycles. The van der Waals surface area contributed by atoms with Crippen molar-refractivity contribution < 1.29 is 14.3 Å². The van der Waals surface area contributed by atoms with E-state index in [0.717, 1.165) is 5.69 Å². The van der Waals surface area contributed by atoms with E-state index in [0.29, 0.717) is 16.8 Å². The van der Waals surface area contributed by atoms with Crippen LogP contribution in [0.1, 0.15) is 22.8 Å². The zero-order chi connectivity index (χ0) is 18.4. The summed E-state index contributed by atoms with van der Waals surface area (Å²) in [5.41, 5.74) is 2.37. The molecule has 0 unspecified atom stereocenters. The van der Waals surface area contributed by atoms with Gasteiger partial charge >= 0.3 is 5.97 Å². The van der Waals surface area contributed by atoms with Crippen molar-refractivity contribution >= 4 is 23.3 Å². The summed E-state index contributed by atoms with van der Waals surface area (Å²) in [5, 5.41) is 11.4. The van der Waals surface area contributed by atoms with Crippen LogP contribution in [0.25, 0.3) is 0 Å². The van der Waals surface area contributed by atoms with E-state index in [2.05, 4.69) is 5.32 Å². The number of benzene rings is 2. The number of anilines is 2. The van der Waals surface area contributed by atoms with Gasteiger partial charge in [0.05, 0.1) is 17.2 Å². The number of nitriles is 1. The predicted octanol–water partition coefficient (Wildman–Crippen LogP) is 2.81. The molecule has 25 heavy (non-hydrogen) atoms. The van der Waals surface area contributed by atoms with Crippen LogP contribution in [0, 0.1) is 11.3 Å². The summed E-state index contributed by atoms with van der Waals surface area (Å²) < 4.78 is 5.20. The molecule has 6 nitrogen and oxygen atoms in total. The number of carbonyl (C=O) groups is 2. The standard InChI is InChI=1S/C19H19N3O3/c1-13(18(23)21-16-8-4-14(12-20)5-9-16)25-19(24)15-6-10-17(11-7-15)22(2)3/h4-11,13H,1-3H3,(H,21,23)/t13-/m1/s1. The van der Waals surface area contributed by atoms with Crippen molar-refractivity contribution in [2.45, 2.75) is 13.0 Å². The number of hydrogen-bond acceptors (Lipinski definition) is 5. The maximum Gasteiger partial charge on any atom is 0.338 e. The molecular weight excluding hydrogens is 318 g/mol. The molecule has 1 atom stereocenters. The molecule has 0 radical (unpaired) electrons. The van der Waals surface area contributed by atoms with Gasteiger partial charge in [-0.05, 0) is 55.5 Å². The average molecular weight is 337 g/mol. The maximum absolute atomic E-state index is 12.1. The number of rotatable bonds is 5. The minimum atomic E-state index is -0.948. The van der Waals surface area contributed by atoms with Gasteiger partial charge in [-0.1, -0.05) is 0 Å². The van der Waals surface area contributed by atoms with Crippen LogP contribution in [-0.2, 0) is 9.53 Å². The van der Waals surface area contributed by atoms with E-state index in [1.54, 1.807) is 48.5 Å². The number of hydrogen-bond donors (Lipinski definition) is 1. The Morgan fingerprint density at radius 2 is 1.68 bits per heavy atom. The Hall–Kier alpha value is -3.33. The third kappa shape index (κ3) is 4.82. The fraction of sp³-hybridized carbons (Fsp3) is 0.211. The van der Waals surface area contributed by atoms with Crippen LogP contribution in [-0.4, -0.2) is 32.1 Å². The summed E-state index contributed by atoms with van der Waals surface area (Å²) in [4.78, 5) is 26.2. The highest BCUT2D eigenvalue weighted by molar-refractivity contribution is 5.97. The van der Waals surface area contributed by atoms with E-state index in [-0.39, 0.29) is 0 Å². The number of ether oxygens (including phenoxy) is 1. The van der Waals surface area contributed by atoms with Gasteiger partial charge in [0.1, 0.15) is 0 Å². The number of nitrogens with one attached hydrogen (secondary N) is 1. The Balaban J connectivity index is 1.95. The van der Waals surface area contributed by atoms with Crippen LogP contribution in [0.2, 0.25) is 0 Å². The monoisotopic (exact) mass is 337 g/mol. The van der Waals surface area contributed by atoms with Crippen molar-refractivity contribution in [2.75, 3.05) is 24.3 Å². The van der Waals surface area contributed by atoms with Crippen molar-refractivity contribution in [3.05, 3.63) is 59.7 Å². The highest BCUT2D eigenvalue weighted by atomic mass is 16.5. The van der Waals surface area contributed by atoms with Crippen LogP contribution in [0.3, 0.4) is 0 Å². The topological polar surface area (TPSA) is 82.4 Å². The fourth-order valence-corrected chi connectivity index (χ4v) is 2.05. The Morgan fingerprint density at radius 3 is 2.20 bits per heavy atom. The van der Waals surface area contributed by atoms with Crippen LogP contribution in [0.5, 0.6) is 0 Å². The molecule has 0 aliphatic carbocycles. The summed E-state index contributed by atoms with van der Waals surface area (Å²) in [6, 6.07) is 15.3. The fourth-order valence-electron chi connectivity index (χ4n) is 2.05.